The first-order valence-corrected chi connectivity index (χ1v) is 5.19. The predicted octanol–water partition coefficient (Wildman–Crippen LogP) is 4.00. The van der Waals surface area contributed by atoms with Gasteiger partial charge in [-0.1, -0.05) is 46.5 Å². The maximum Gasteiger partial charge on any atom is -0.0300 e. The Hall–Kier alpha value is 0. The van der Waals surface area contributed by atoms with E-state index >= 15 is 0 Å². The molecule has 0 saturated heterocycles. The van der Waals surface area contributed by atoms with E-state index in [0.29, 0.717) is 5.41 Å². The van der Waals surface area contributed by atoms with E-state index in [9.17, 15) is 0 Å². The minimum Gasteiger partial charge on any atom is -0.0654 e. The van der Waals surface area contributed by atoms with Crippen LogP contribution in [0.4, 0.5) is 0 Å². The van der Waals surface area contributed by atoms with Gasteiger partial charge in [-0.25, -0.2) is 0 Å². The van der Waals surface area contributed by atoms with E-state index in [4.69, 9.17) is 0 Å². The van der Waals surface area contributed by atoms with Crippen LogP contribution in [-0.2, 0) is 0 Å². The summed E-state index contributed by atoms with van der Waals surface area (Å²) in [7, 11) is 0. The fourth-order valence-corrected chi connectivity index (χ4v) is 2.46. The van der Waals surface area contributed by atoms with Crippen molar-refractivity contribution >= 4 is 0 Å². The summed E-state index contributed by atoms with van der Waals surface area (Å²) in [6, 6.07) is 0. The lowest BCUT2D eigenvalue weighted by molar-refractivity contribution is 0.197. The van der Waals surface area contributed by atoms with Crippen LogP contribution >= 0.6 is 0 Å². The molecule has 0 amide bonds. The molecule has 0 aromatic rings. The van der Waals surface area contributed by atoms with Gasteiger partial charge in [0.2, 0.25) is 0 Å². The molecular weight excluding hydrogens is 132 g/mol. The van der Waals surface area contributed by atoms with Gasteiger partial charge in [-0.3, -0.25) is 0 Å². The van der Waals surface area contributed by atoms with Crippen LogP contribution in [0.5, 0.6) is 0 Å². The minimum absolute atomic E-state index is 0.704. The molecule has 0 aromatic heterocycles. The van der Waals surface area contributed by atoms with Crippen LogP contribution in [0.25, 0.3) is 0 Å². The van der Waals surface area contributed by atoms with E-state index in [0.717, 1.165) is 5.92 Å². The molecule has 0 aliphatic heterocycles. The molecule has 1 fully saturated rings. The van der Waals surface area contributed by atoms with Gasteiger partial charge in [0, 0.05) is 0 Å². The quantitative estimate of drug-likeness (QED) is 0.576. The highest BCUT2D eigenvalue weighted by Gasteiger charge is 2.33. The molecule has 0 unspecified atom stereocenters. The topological polar surface area (TPSA) is 0 Å². The summed E-state index contributed by atoms with van der Waals surface area (Å²) in [6.45, 7) is 7.23. The van der Waals surface area contributed by atoms with Gasteiger partial charge in [-0.05, 0) is 24.2 Å². The fraction of sp³-hybridized carbons (Fsp3) is 1.00. The summed E-state index contributed by atoms with van der Waals surface area (Å²) in [5, 5.41) is 0. The average Bonchev–Trinajstić information content (AvgIpc) is 2.38. The Labute approximate surface area is 71.4 Å². The third kappa shape index (κ3) is 1.98. The van der Waals surface area contributed by atoms with Gasteiger partial charge in [-0.15, -0.1) is 0 Å². The lowest BCUT2D eigenvalue weighted by atomic mass is 9.75. The Morgan fingerprint density at radius 1 is 1.27 bits per heavy atom. The normalized spacial score (nSPS) is 25.4. The van der Waals surface area contributed by atoms with Crippen LogP contribution in [-0.4, -0.2) is 0 Å². The van der Waals surface area contributed by atoms with E-state index in [1.54, 1.807) is 0 Å². The zero-order chi connectivity index (χ0) is 8.32. The smallest absolute Gasteiger partial charge is 0.0300 e. The molecule has 1 aliphatic carbocycles. The first-order valence-electron chi connectivity index (χ1n) is 5.19. The first-order chi connectivity index (χ1) is 5.19. The summed E-state index contributed by atoms with van der Waals surface area (Å²) in [5.41, 5.74) is 0.704. The van der Waals surface area contributed by atoms with Crippen molar-refractivity contribution in [1.82, 2.24) is 0 Å². The van der Waals surface area contributed by atoms with Gasteiger partial charge >= 0.3 is 0 Å². The van der Waals surface area contributed by atoms with Gasteiger partial charge < -0.3 is 0 Å². The van der Waals surface area contributed by atoms with Crippen molar-refractivity contribution in [3.63, 3.8) is 0 Å². The summed E-state index contributed by atoms with van der Waals surface area (Å²) < 4.78 is 0. The largest absolute Gasteiger partial charge is 0.0654 e. The van der Waals surface area contributed by atoms with Crippen molar-refractivity contribution in [2.24, 2.45) is 11.3 Å². The van der Waals surface area contributed by atoms with Gasteiger partial charge in [0.15, 0.2) is 0 Å². The Balaban J connectivity index is 2.42. The second-order valence-electron chi connectivity index (χ2n) is 4.55. The zero-order valence-corrected chi connectivity index (χ0v) is 8.32. The van der Waals surface area contributed by atoms with E-state index in [-0.39, 0.29) is 0 Å². The van der Waals surface area contributed by atoms with Crippen LogP contribution in [0.3, 0.4) is 0 Å². The van der Waals surface area contributed by atoms with E-state index in [1.807, 2.05) is 0 Å². The van der Waals surface area contributed by atoms with Crippen LogP contribution in [0.15, 0.2) is 0 Å². The number of rotatable bonds is 3. The molecule has 1 aliphatic rings. The highest BCUT2D eigenvalue weighted by atomic mass is 14.4. The molecular formula is C11H22. The van der Waals surface area contributed by atoms with E-state index in [1.165, 1.54) is 38.5 Å². The van der Waals surface area contributed by atoms with Crippen molar-refractivity contribution in [2.45, 2.75) is 59.3 Å². The van der Waals surface area contributed by atoms with Crippen molar-refractivity contribution in [1.29, 1.82) is 0 Å². The Morgan fingerprint density at radius 2 is 1.82 bits per heavy atom. The Kier molecular flexibility index (Phi) is 2.98. The SMILES string of the molecule is CCC[C@@H](C)C1(C)CCCC1. The Bertz CT molecular complexity index is 109. The van der Waals surface area contributed by atoms with E-state index in [2.05, 4.69) is 20.8 Å². The molecule has 0 radical (unpaired) electrons. The molecule has 0 heteroatoms. The van der Waals surface area contributed by atoms with Crippen molar-refractivity contribution < 1.29 is 0 Å². The molecule has 0 bridgehead atoms. The van der Waals surface area contributed by atoms with Crippen LogP contribution in [0.2, 0.25) is 0 Å². The molecule has 1 rings (SSSR count). The van der Waals surface area contributed by atoms with Gasteiger partial charge in [0.25, 0.3) is 0 Å². The molecule has 0 aromatic carbocycles. The molecule has 11 heavy (non-hydrogen) atoms. The van der Waals surface area contributed by atoms with Crippen LogP contribution in [0.1, 0.15) is 59.3 Å². The summed E-state index contributed by atoms with van der Waals surface area (Å²) in [6.07, 6.45) is 8.70. The molecule has 0 nitrogen and oxygen atoms in total. The maximum absolute atomic E-state index is 2.49. The summed E-state index contributed by atoms with van der Waals surface area (Å²) in [5.74, 6) is 0.954. The van der Waals surface area contributed by atoms with Gasteiger partial charge in [0.05, 0.1) is 0 Å². The first kappa shape index (κ1) is 9.09. The van der Waals surface area contributed by atoms with Crippen molar-refractivity contribution in [3.05, 3.63) is 0 Å². The van der Waals surface area contributed by atoms with Crippen LogP contribution in [0, 0.1) is 11.3 Å². The zero-order valence-electron chi connectivity index (χ0n) is 8.32. The third-order valence-electron chi connectivity index (χ3n) is 3.66. The fourth-order valence-electron chi connectivity index (χ4n) is 2.46. The minimum atomic E-state index is 0.704. The second-order valence-corrected chi connectivity index (χ2v) is 4.55. The molecule has 66 valence electrons. The molecule has 0 N–H and O–H groups in total. The van der Waals surface area contributed by atoms with Crippen molar-refractivity contribution in [2.75, 3.05) is 0 Å². The summed E-state index contributed by atoms with van der Waals surface area (Å²) in [4.78, 5) is 0. The highest BCUT2D eigenvalue weighted by Crippen LogP contribution is 2.45. The molecule has 1 atom stereocenters. The molecule has 1 saturated carbocycles. The van der Waals surface area contributed by atoms with Crippen LogP contribution < -0.4 is 0 Å². The average molecular weight is 154 g/mol. The van der Waals surface area contributed by atoms with Crippen molar-refractivity contribution in [3.8, 4) is 0 Å². The lowest BCUT2D eigenvalue weighted by Crippen LogP contribution is -2.21. The van der Waals surface area contributed by atoms with Gasteiger partial charge in [-0.2, -0.15) is 0 Å². The van der Waals surface area contributed by atoms with E-state index < -0.39 is 0 Å². The lowest BCUT2D eigenvalue weighted by Gasteiger charge is -2.31. The predicted molar refractivity (Wildman–Crippen MR) is 50.6 cm³/mol. The number of hydrogen-bond donors (Lipinski definition) is 0. The Morgan fingerprint density at radius 3 is 2.27 bits per heavy atom. The molecule has 0 spiro atoms. The maximum atomic E-state index is 2.49. The highest BCUT2D eigenvalue weighted by molar-refractivity contribution is 4.84. The second kappa shape index (κ2) is 3.60. The monoisotopic (exact) mass is 154 g/mol. The number of hydrogen-bond acceptors (Lipinski definition) is 0. The third-order valence-corrected chi connectivity index (χ3v) is 3.66. The molecule has 0 heterocycles. The van der Waals surface area contributed by atoms with Gasteiger partial charge in [0.1, 0.15) is 0 Å². The standard InChI is InChI=1S/C11H22/c1-4-7-10(2)11(3)8-5-6-9-11/h10H,4-9H2,1-3H3/t10-/m1/s1. The summed E-state index contributed by atoms with van der Waals surface area (Å²) >= 11 is 0.